The van der Waals surface area contributed by atoms with Crippen LogP contribution in [0.25, 0.3) is 0 Å². The van der Waals surface area contributed by atoms with E-state index in [2.05, 4.69) is 4.98 Å². The second kappa shape index (κ2) is 10.5. The van der Waals surface area contributed by atoms with E-state index < -0.39 is 59.6 Å². The third-order valence-corrected chi connectivity index (χ3v) is 5.44. The number of thioether (sulfide) groups is 1. The van der Waals surface area contributed by atoms with Crippen molar-refractivity contribution in [3.05, 3.63) is 23.5 Å². The number of alkyl halides is 3. The zero-order chi connectivity index (χ0) is 24.2. The van der Waals surface area contributed by atoms with Gasteiger partial charge in [-0.2, -0.15) is 13.2 Å². The fourth-order valence-electron chi connectivity index (χ4n) is 3.09. The minimum Gasteiger partial charge on any atom is -0.463 e. The molecule has 2 N–H and O–H groups in total. The fourth-order valence-corrected chi connectivity index (χ4v) is 4.28. The van der Waals surface area contributed by atoms with Gasteiger partial charge < -0.3 is 24.7 Å². The van der Waals surface area contributed by atoms with Crippen LogP contribution < -0.4 is 5.73 Å². The lowest BCUT2D eigenvalue weighted by Gasteiger charge is -2.43. The van der Waals surface area contributed by atoms with Crippen molar-refractivity contribution in [3.63, 3.8) is 0 Å². The Morgan fingerprint density at radius 1 is 1.12 bits per heavy atom. The molecule has 5 atom stereocenters. The Balaban J connectivity index is 2.34. The topological polar surface area (TPSA) is 127 Å². The lowest BCUT2D eigenvalue weighted by Crippen LogP contribution is -2.63. The molecule has 1 fully saturated rings. The minimum atomic E-state index is -4.61. The van der Waals surface area contributed by atoms with Gasteiger partial charge in [-0.1, -0.05) is 11.8 Å². The molecule has 178 valence electrons. The summed E-state index contributed by atoms with van der Waals surface area (Å²) in [6.45, 7) is 4.42. The number of pyridine rings is 1. The molecule has 0 spiro atoms. The molecule has 0 radical (unpaired) electrons. The second-order valence-corrected chi connectivity index (χ2v) is 8.19. The zero-order valence-corrected chi connectivity index (χ0v) is 18.5. The van der Waals surface area contributed by atoms with E-state index in [9.17, 15) is 27.6 Å². The van der Waals surface area contributed by atoms with Crippen molar-refractivity contribution in [2.75, 3.05) is 6.61 Å². The normalized spacial score (nSPS) is 25.7. The average molecular weight is 480 g/mol. The van der Waals surface area contributed by atoms with Crippen LogP contribution in [0.4, 0.5) is 13.2 Å². The number of nitrogens with zero attached hydrogens (tertiary/aromatic N) is 1. The first-order valence-electron chi connectivity index (χ1n) is 9.39. The van der Waals surface area contributed by atoms with Crippen molar-refractivity contribution in [3.8, 4) is 0 Å². The van der Waals surface area contributed by atoms with Crippen LogP contribution >= 0.6 is 11.8 Å². The van der Waals surface area contributed by atoms with Gasteiger partial charge in [0.15, 0.2) is 6.10 Å². The van der Waals surface area contributed by atoms with E-state index in [-0.39, 0.29) is 12.2 Å². The summed E-state index contributed by atoms with van der Waals surface area (Å²) in [7, 11) is 0. The molecular weight excluding hydrogens is 457 g/mol. The number of esters is 3. The lowest BCUT2D eigenvalue weighted by molar-refractivity contribution is -0.201. The number of hydrogen-bond acceptors (Lipinski definition) is 10. The summed E-state index contributed by atoms with van der Waals surface area (Å²) in [5.74, 6) is -1.99. The third kappa shape index (κ3) is 6.81. The van der Waals surface area contributed by atoms with Crippen molar-refractivity contribution in [2.45, 2.75) is 68.6 Å². The Bertz CT molecular complexity index is 866. The zero-order valence-electron chi connectivity index (χ0n) is 17.7. The largest absolute Gasteiger partial charge is 0.463 e. The van der Waals surface area contributed by atoms with Gasteiger partial charge in [0.2, 0.25) is 0 Å². The SMILES string of the molecule is CC(=O)OCC1OC(Sc2cnc(C(F)(F)F)c(C)c2)C(OC(C)=O)C(N)C1OC(C)=O. The monoisotopic (exact) mass is 480 g/mol. The van der Waals surface area contributed by atoms with Crippen LogP contribution in [0.3, 0.4) is 0 Å². The first kappa shape index (κ1) is 25.9. The van der Waals surface area contributed by atoms with E-state index in [1.807, 2.05) is 0 Å². The summed E-state index contributed by atoms with van der Waals surface area (Å²) in [6, 6.07) is 0.192. The van der Waals surface area contributed by atoms with Crippen molar-refractivity contribution in [1.82, 2.24) is 4.98 Å². The van der Waals surface area contributed by atoms with Crippen molar-refractivity contribution in [1.29, 1.82) is 0 Å². The van der Waals surface area contributed by atoms with Crippen LogP contribution in [-0.2, 0) is 39.5 Å². The molecule has 0 amide bonds. The summed E-state index contributed by atoms with van der Waals surface area (Å²) < 4.78 is 60.3. The molecule has 0 aliphatic carbocycles. The highest BCUT2D eigenvalue weighted by Gasteiger charge is 2.49. The van der Waals surface area contributed by atoms with Gasteiger partial charge in [0.25, 0.3) is 0 Å². The van der Waals surface area contributed by atoms with Crippen LogP contribution in [-0.4, -0.2) is 59.3 Å². The van der Waals surface area contributed by atoms with E-state index in [0.717, 1.165) is 31.8 Å². The Morgan fingerprint density at radius 3 is 2.22 bits per heavy atom. The third-order valence-electron chi connectivity index (χ3n) is 4.33. The van der Waals surface area contributed by atoms with Gasteiger partial charge >= 0.3 is 24.1 Å². The number of ether oxygens (including phenoxy) is 4. The van der Waals surface area contributed by atoms with Gasteiger partial charge in [0.05, 0.1) is 6.04 Å². The van der Waals surface area contributed by atoms with Gasteiger partial charge in [0.1, 0.15) is 29.9 Å². The van der Waals surface area contributed by atoms with Gasteiger partial charge in [-0.05, 0) is 18.6 Å². The Morgan fingerprint density at radius 2 is 1.72 bits per heavy atom. The van der Waals surface area contributed by atoms with Gasteiger partial charge in [0, 0.05) is 31.9 Å². The summed E-state index contributed by atoms with van der Waals surface area (Å²) >= 11 is 0.921. The molecule has 0 saturated carbocycles. The van der Waals surface area contributed by atoms with Gasteiger partial charge in [-0.3, -0.25) is 19.4 Å². The predicted molar refractivity (Wildman–Crippen MR) is 104 cm³/mol. The van der Waals surface area contributed by atoms with Crippen LogP contribution in [0.1, 0.15) is 32.0 Å². The highest BCUT2D eigenvalue weighted by Crippen LogP contribution is 2.37. The van der Waals surface area contributed by atoms with Crippen LogP contribution in [0.2, 0.25) is 0 Å². The molecule has 1 aliphatic heterocycles. The molecule has 2 heterocycles. The maximum absolute atomic E-state index is 13.0. The summed E-state index contributed by atoms with van der Waals surface area (Å²) in [5.41, 5.74) is 4.07. The Hall–Kier alpha value is -2.38. The number of aryl methyl sites for hydroxylation is 1. The molecule has 1 aliphatic rings. The number of aromatic nitrogens is 1. The smallest absolute Gasteiger partial charge is 0.433 e. The summed E-state index contributed by atoms with van der Waals surface area (Å²) in [6.07, 6.45) is -6.84. The standard InChI is InChI=1S/C19H23F3N2O7S/c1-8-5-12(6-24-17(8)19(20,21)22)32-18-16(30-11(4)27)14(23)15(29-10(3)26)13(31-18)7-28-9(2)25/h5-6,13-16,18H,7,23H2,1-4H3. The first-order valence-corrected chi connectivity index (χ1v) is 10.3. The highest BCUT2D eigenvalue weighted by atomic mass is 32.2. The predicted octanol–water partition coefficient (Wildman–Crippen LogP) is 1.98. The molecule has 5 unspecified atom stereocenters. The van der Waals surface area contributed by atoms with Crippen molar-refractivity contribution >= 4 is 29.7 Å². The molecular formula is C19H23F3N2O7S. The molecule has 1 aromatic rings. The number of carbonyl (C=O) groups is 3. The molecule has 9 nitrogen and oxygen atoms in total. The van der Waals surface area contributed by atoms with E-state index in [0.29, 0.717) is 4.90 Å². The van der Waals surface area contributed by atoms with Crippen molar-refractivity contribution in [2.24, 2.45) is 5.73 Å². The van der Waals surface area contributed by atoms with E-state index in [1.54, 1.807) is 0 Å². The number of carbonyl (C=O) groups excluding carboxylic acids is 3. The quantitative estimate of drug-likeness (QED) is 0.477. The molecule has 1 saturated heterocycles. The van der Waals surface area contributed by atoms with Gasteiger partial charge in [-0.25, -0.2) is 0 Å². The van der Waals surface area contributed by atoms with E-state index >= 15 is 0 Å². The number of nitrogens with two attached hydrogens (primary N) is 1. The Labute approximate surface area is 186 Å². The maximum atomic E-state index is 13.0. The number of halogens is 3. The Kier molecular flexibility index (Phi) is 8.48. The first-order chi connectivity index (χ1) is 14.8. The van der Waals surface area contributed by atoms with E-state index in [1.165, 1.54) is 19.9 Å². The van der Waals surface area contributed by atoms with Crippen LogP contribution in [0.5, 0.6) is 0 Å². The lowest BCUT2D eigenvalue weighted by atomic mass is 9.97. The minimum absolute atomic E-state index is 0.110. The molecule has 0 aromatic carbocycles. The molecule has 2 rings (SSSR count). The molecule has 13 heteroatoms. The summed E-state index contributed by atoms with van der Waals surface area (Å²) in [4.78, 5) is 38.2. The number of hydrogen-bond donors (Lipinski definition) is 1. The second-order valence-electron chi connectivity index (χ2n) is 7.02. The number of rotatable bonds is 6. The van der Waals surface area contributed by atoms with Crippen LogP contribution in [0.15, 0.2) is 17.2 Å². The maximum Gasteiger partial charge on any atom is 0.433 e. The van der Waals surface area contributed by atoms with E-state index in [4.69, 9.17) is 24.7 Å². The highest BCUT2D eigenvalue weighted by molar-refractivity contribution is 7.99. The van der Waals surface area contributed by atoms with Crippen LogP contribution in [0, 0.1) is 6.92 Å². The van der Waals surface area contributed by atoms with Crippen molar-refractivity contribution < 1.29 is 46.5 Å². The summed E-state index contributed by atoms with van der Waals surface area (Å²) in [5, 5.41) is 0. The van der Waals surface area contributed by atoms with Gasteiger partial charge in [-0.15, -0.1) is 0 Å². The average Bonchev–Trinajstić information content (AvgIpc) is 2.64. The molecule has 32 heavy (non-hydrogen) atoms. The molecule has 0 bridgehead atoms. The molecule has 1 aromatic heterocycles. The fraction of sp³-hybridized carbons (Fsp3) is 0.579.